The number of ether oxygens (including phenoxy) is 2. The van der Waals surface area contributed by atoms with Crippen molar-refractivity contribution in [2.24, 2.45) is 0 Å². The number of carbonyl (C=O) groups excluding carboxylic acids is 4. The van der Waals surface area contributed by atoms with Gasteiger partial charge in [-0.3, -0.25) is 24.7 Å². The van der Waals surface area contributed by atoms with E-state index in [1.165, 1.54) is 17.1 Å². The molecular formula is C16H26N4O6. The van der Waals surface area contributed by atoms with Gasteiger partial charge >= 0.3 is 6.09 Å². The molecule has 10 nitrogen and oxygen atoms in total. The van der Waals surface area contributed by atoms with Gasteiger partial charge in [0.25, 0.3) is 11.8 Å². The van der Waals surface area contributed by atoms with Gasteiger partial charge in [-0.1, -0.05) is 6.42 Å². The third-order valence-corrected chi connectivity index (χ3v) is 3.44. The van der Waals surface area contributed by atoms with E-state index in [0.29, 0.717) is 39.0 Å². The fraction of sp³-hybridized carbons (Fsp3) is 0.625. The van der Waals surface area contributed by atoms with Crippen molar-refractivity contribution >= 4 is 23.8 Å². The molecule has 0 atom stereocenters. The number of hydrogen-bond acceptors (Lipinski definition) is 7. The van der Waals surface area contributed by atoms with E-state index in [0.717, 1.165) is 6.42 Å². The van der Waals surface area contributed by atoms with Gasteiger partial charge in [0.15, 0.2) is 0 Å². The molecule has 1 heterocycles. The van der Waals surface area contributed by atoms with Crippen molar-refractivity contribution in [2.45, 2.75) is 25.7 Å². The highest BCUT2D eigenvalue weighted by atomic mass is 16.6. The largest absolute Gasteiger partial charge is 0.446 e. The molecule has 0 saturated heterocycles. The Bertz CT molecular complexity index is 505. The van der Waals surface area contributed by atoms with E-state index in [1.807, 2.05) is 0 Å². The summed E-state index contributed by atoms with van der Waals surface area (Å²) in [7, 11) is 1.55. The number of amides is 4. The average Bonchev–Trinajstić information content (AvgIpc) is 2.92. The number of carbonyl (C=O) groups is 4. The minimum atomic E-state index is -0.584. The lowest BCUT2D eigenvalue weighted by atomic mass is 10.2. The second kappa shape index (κ2) is 12.8. The summed E-state index contributed by atoms with van der Waals surface area (Å²) in [6.07, 6.45) is 4.45. The molecule has 0 spiro atoms. The molecule has 4 amide bonds. The van der Waals surface area contributed by atoms with Crippen LogP contribution >= 0.6 is 0 Å². The van der Waals surface area contributed by atoms with Crippen LogP contribution in [0.15, 0.2) is 12.2 Å². The molecule has 1 aliphatic rings. The van der Waals surface area contributed by atoms with E-state index >= 15 is 0 Å². The van der Waals surface area contributed by atoms with Gasteiger partial charge in [-0.25, -0.2) is 10.2 Å². The maximum Gasteiger partial charge on any atom is 0.421 e. The van der Waals surface area contributed by atoms with Crippen molar-refractivity contribution in [3.8, 4) is 0 Å². The molecule has 3 N–H and O–H groups in total. The molecule has 0 aromatic rings. The Morgan fingerprint density at radius 2 is 1.77 bits per heavy atom. The van der Waals surface area contributed by atoms with Crippen LogP contribution < -0.4 is 16.2 Å². The predicted molar refractivity (Wildman–Crippen MR) is 91.7 cm³/mol. The summed E-state index contributed by atoms with van der Waals surface area (Å²) in [6, 6.07) is 0. The fourth-order valence-corrected chi connectivity index (χ4v) is 2.17. The van der Waals surface area contributed by atoms with Crippen LogP contribution in [-0.2, 0) is 23.9 Å². The number of nitrogens with one attached hydrogen (secondary N) is 3. The summed E-state index contributed by atoms with van der Waals surface area (Å²) in [4.78, 5) is 46.4. The molecule has 0 unspecified atom stereocenters. The monoisotopic (exact) mass is 370 g/mol. The van der Waals surface area contributed by atoms with Crippen molar-refractivity contribution in [1.82, 2.24) is 21.1 Å². The molecule has 0 bridgehead atoms. The highest BCUT2D eigenvalue weighted by Crippen LogP contribution is 2.07. The Labute approximate surface area is 152 Å². The van der Waals surface area contributed by atoms with E-state index < -0.39 is 6.09 Å². The number of rotatable bonds is 13. The molecule has 10 heteroatoms. The SMILES string of the molecule is CNNC(=O)OCCOCCNC(=O)CCCCCN1C(=O)C=CC1=O. The first kappa shape index (κ1) is 21.6. The van der Waals surface area contributed by atoms with Crippen LogP contribution in [0.5, 0.6) is 0 Å². The van der Waals surface area contributed by atoms with Gasteiger partial charge in [0.2, 0.25) is 5.91 Å². The van der Waals surface area contributed by atoms with Crippen LogP contribution in [0.4, 0.5) is 4.79 Å². The molecular weight excluding hydrogens is 344 g/mol. The number of imide groups is 1. The molecule has 0 aromatic carbocycles. The number of nitrogens with zero attached hydrogens (tertiary/aromatic N) is 1. The third kappa shape index (κ3) is 9.14. The van der Waals surface area contributed by atoms with Gasteiger partial charge in [0.1, 0.15) is 6.61 Å². The van der Waals surface area contributed by atoms with Crippen LogP contribution in [0.25, 0.3) is 0 Å². The minimum Gasteiger partial charge on any atom is -0.446 e. The maximum atomic E-state index is 11.6. The van der Waals surface area contributed by atoms with Gasteiger partial charge in [-0.2, -0.15) is 0 Å². The highest BCUT2D eigenvalue weighted by Gasteiger charge is 2.22. The van der Waals surface area contributed by atoms with Crippen molar-refractivity contribution in [2.75, 3.05) is 40.0 Å². The zero-order valence-electron chi connectivity index (χ0n) is 14.9. The van der Waals surface area contributed by atoms with Gasteiger partial charge in [-0.15, -0.1) is 0 Å². The minimum absolute atomic E-state index is 0.0757. The Morgan fingerprint density at radius 1 is 1.04 bits per heavy atom. The van der Waals surface area contributed by atoms with Crippen LogP contribution in [-0.4, -0.2) is 68.7 Å². The summed E-state index contributed by atoms with van der Waals surface area (Å²) < 4.78 is 9.98. The van der Waals surface area contributed by atoms with Gasteiger partial charge < -0.3 is 14.8 Å². The molecule has 26 heavy (non-hydrogen) atoms. The predicted octanol–water partition coefficient (Wildman–Crippen LogP) is -0.535. The first-order valence-corrected chi connectivity index (χ1v) is 8.52. The Balaban J connectivity index is 1.89. The standard InChI is InChI=1S/C16H26N4O6/c1-17-19-16(24)26-12-11-25-10-8-18-13(21)5-3-2-4-9-20-14(22)6-7-15(20)23/h6-7,17H,2-5,8-12H2,1H3,(H,18,21)(H,19,24). The van der Waals surface area contributed by atoms with Crippen LogP contribution in [0.3, 0.4) is 0 Å². The molecule has 146 valence electrons. The quantitative estimate of drug-likeness (QED) is 0.226. The van der Waals surface area contributed by atoms with E-state index in [-0.39, 0.29) is 30.9 Å². The lowest BCUT2D eigenvalue weighted by Crippen LogP contribution is -2.35. The zero-order valence-corrected chi connectivity index (χ0v) is 14.9. The summed E-state index contributed by atoms with van der Waals surface area (Å²) in [5.41, 5.74) is 4.68. The first-order valence-electron chi connectivity index (χ1n) is 8.52. The van der Waals surface area contributed by atoms with Crippen molar-refractivity contribution in [3.05, 3.63) is 12.2 Å². The second-order valence-corrected chi connectivity index (χ2v) is 5.45. The van der Waals surface area contributed by atoms with Crippen LogP contribution in [0.2, 0.25) is 0 Å². The lowest BCUT2D eigenvalue weighted by molar-refractivity contribution is -0.137. The maximum absolute atomic E-state index is 11.6. The Kier molecular flexibility index (Phi) is 10.7. The topological polar surface area (TPSA) is 126 Å². The molecule has 0 aliphatic carbocycles. The second-order valence-electron chi connectivity index (χ2n) is 5.45. The van der Waals surface area contributed by atoms with Gasteiger partial charge in [0.05, 0.1) is 13.2 Å². The van der Waals surface area contributed by atoms with Crippen molar-refractivity contribution in [3.63, 3.8) is 0 Å². The smallest absolute Gasteiger partial charge is 0.421 e. The molecule has 1 rings (SSSR count). The Morgan fingerprint density at radius 3 is 2.46 bits per heavy atom. The van der Waals surface area contributed by atoms with Gasteiger partial charge in [-0.05, 0) is 12.8 Å². The summed E-state index contributed by atoms with van der Waals surface area (Å²) >= 11 is 0. The van der Waals surface area contributed by atoms with Gasteiger partial charge in [0, 0.05) is 38.7 Å². The molecule has 1 aliphatic heterocycles. The molecule has 0 radical (unpaired) electrons. The average molecular weight is 370 g/mol. The summed E-state index contributed by atoms with van der Waals surface area (Å²) in [5, 5.41) is 2.73. The lowest BCUT2D eigenvalue weighted by Gasteiger charge is -2.13. The highest BCUT2D eigenvalue weighted by molar-refractivity contribution is 6.12. The van der Waals surface area contributed by atoms with E-state index in [4.69, 9.17) is 9.47 Å². The van der Waals surface area contributed by atoms with E-state index in [9.17, 15) is 19.2 Å². The van der Waals surface area contributed by atoms with Crippen molar-refractivity contribution < 1.29 is 28.7 Å². The summed E-state index contributed by atoms with van der Waals surface area (Å²) in [6.45, 7) is 1.46. The van der Waals surface area contributed by atoms with Crippen LogP contribution in [0.1, 0.15) is 25.7 Å². The van der Waals surface area contributed by atoms with Crippen LogP contribution in [0, 0.1) is 0 Å². The third-order valence-electron chi connectivity index (χ3n) is 3.44. The number of unbranched alkanes of at least 4 members (excludes halogenated alkanes) is 2. The van der Waals surface area contributed by atoms with E-state index in [2.05, 4.69) is 16.2 Å². The van der Waals surface area contributed by atoms with E-state index in [1.54, 1.807) is 7.05 Å². The molecule has 0 saturated carbocycles. The normalized spacial score (nSPS) is 13.2. The first-order chi connectivity index (χ1) is 12.5. The zero-order chi connectivity index (χ0) is 19.2. The number of hydrazine groups is 1. The Hall–Kier alpha value is -2.46. The molecule has 0 aromatic heterocycles. The summed E-state index contributed by atoms with van der Waals surface area (Å²) in [5.74, 6) is -0.630. The fourth-order valence-electron chi connectivity index (χ4n) is 2.17. The van der Waals surface area contributed by atoms with Crippen molar-refractivity contribution in [1.29, 1.82) is 0 Å². The molecule has 0 fully saturated rings. The number of hydrogen-bond donors (Lipinski definition) is 3.